The molecule has 4 nitrogen and oxygen atoms in total. The van der Waals surface area contributed by atoms with Crippen molar-refractivity contribution >= 4 is 5.91 Å². The van der Waals surface area contributed by atoms with Crippen LogP contribution in [-0.4, -0.2) is 41.1 Å². The fourth-order valence-corrected chi connectivity index (χ4v) is 3.03. The van der Waals surface area contributed by atoms with Gasteiger partial charge in [0, 0.05) is 25.5 Å². The standard InChI is InChI=1S/C14H18N2O2/c1-10-7-11-4-6-16(9-13(11)18-10)14(17)12-3-2-5-15-8-12/h2-3,5,8,10-11,13H,4,6-7,9H2,1H3/t10-,11+,13-/m1/s1. The first-order chi connectivity index (χ1) is 8.74. The van der Waals surface area contributed by atoms with E-state index >= 15 is 0 Å². The lowest BCUT2D eigenvalue weighted by Gasteiger charge is -2.34. The lowest BCUT2D eigenvalue weighted by atomic mass is 9.92. The fraction of sp³-hybridized carbons (Fsp3) is 0.571. The summed E-state index contributed by atoms with van der Waals surface area (Å²) in [6.07, 6.45) is 6.08. The van der Waals surface area contributed by atoms with Crippen LogP contribution in [0.15, 0.2) is 24.5 Å². The highest BCUT2D eigenvalue weighted by Crippen LogP contribution is 2.33. The lowest BCUT2D eigenvalue weighted by molar-refractivity contribution is 0.00155. The van der Waals surface area contributed by atoms with Gasteiger partial charge < -0.3 is 9.64 Å². The Balaban J connectivity index is 1.70. The van der Waals surface area contributed by atoms with Crippen LogP contribution in [-0.2, 0) is 4.74 Å². The van der Waals surface area contributed by atoms with Gasteiger partial charge in [-0.2, -0.15) is 0 Å². The molecule has 0 saturated carbocycles. The second-order valence-corrected chi connectivity index (χ2v) is 5.26. The molecule has 1 aromatic rings. The van der Waals surface area contributed by atoms with Crippen molar-refractivity contribution in [1.29, 1.82) is 0 Å². The van der Waals surface area contributed by atoms with Crippen molar-refractivity contribution < 1.29 is 9.53 Å². The summed E-state index contributed by atoms with van der Waals surface area (Å²) in [6.45, 7) is 3.68. The number of hydrogen-bond acceptors (Lipinski definition) is 3. The number of pyridine rings is 1. The molecule has 0 bridgehead atoms. The fourth-order valence-electron chi connectivity index (χ4n) is 3.03. The molecule has 3 rings (SSSR count). The van der Waals surface area contributed by atoms with Gasteiger partial charge in [0.25, 0.3) is 5.91 Å². The molecule has 3 heterocycles. The Morgan fingerprint density at radius 1 is 1.56 bits per heavy atom. The summed E-state index contributed by atoms with van der Waals surface area (Å²) in [6, 6.07) is 3.62. The van der Waals surface area contributed by atoms with Crippen molar-refractivity contribution in [2.45, 2.75) is 32.0 Å². The highest BCUT2D eigenvalue weighted by atomic mass is 16.5. The van der Waals surface area contributed by atoms with Crippen LogP contribution in [0.2, 0.25) is 0 Å². The van der Waals surface area contributed by atoms with Gasteiger partial charge in [-0.25, -0.2) is 0 Å². The van der Waals surface area contributed by atoms with Crippen LogP contribution < -0.4 is 0 Å². The topological polar surface area (TPSA) is 42.4 Å². The summed E-state index contributed by atoms with van der Waals surface area (Å²) < 4.78 is 5.87. The number of fused-ring (bicyclic) bond motifs is 1. The molecule has 2 fully saturated rings. The molecule has 1 aromatic heterocycles. The predicted molar refractivity (Wildman–Crippen MR) is 67.2 cm³/mol. The summed E-state index contributed by atoms with van der Waals surface area (Å²) in [7, 11) is 0. The normalized spacial score (nSPS) is 31.2. The molecule has 3 atom stereocenters. The molecule has 0 unspecified atom stereocenters. The van der Waals surface area contributed by atoms with Crippen molar-refractivity contribution in [3.8, 4) is 0 Å². The van der Waals surface area contributed by atoms with Gasteiger partial charge in [0.1, 0.15) is 0 Å². The molecule has 4 heteroatoms. The first-order valence-electron chi connectivity index (χ1n) is 6.59. The molecule has 2 aliphatic rings. The first-order valence-corrected chi connectivity index (χ1v) is 6.59. The molecular weight excluding hydrogens is 228 g/mol. The van der Waals surface area contributed by atoms with Gasteiger partial charge in [0.05, 0.1) is 17.8 Å². The second-order valence-electron chi connectivity index (χ2n) is 5.26. The van der Waals surface area contributed by atoms with Crippen molar-refractivity contribution in [2.24, 2.45) is 5.92 Å². The number of aromatic nitrogens is 1. The van der Waals surface area contributed by atoms with E-state index in [0.717, 1.165) is 25.9 Å². The molecule has 0 radical (unpaired) electrons. The summed E-state index contributed by atoms with van der Waals surface area (Å²) in [4.78, 5) is 18.2. The number of rotatable bonds is 1. The van der Waals surface area contributed by atoms with Gasteiger partial charge in [-0.3, -0.25) is 9.78 Å². The van der Waals surface area contributed by atoms with E-state index in [-0.39, 0.29) is 12.0 Å². The van der Waals surface area contributed by atoms with Crippen LogP contribution in [0.4, 0.5) is 0 Å². The number of amides is 1. The number of hydrogen-bond donors (Lipinski definition) is 0. The van der Waals surface area contributed by atoms with E-state index in [1.807, 2.05) is 11.0 Å². The Morgan fingerprint density at radius 2 is 2.44 bits per heavy atom. The number of likely N-dealkylation sites (tertiary alicyclic amines) is 1. The van der Waals surface area contributed by atoms with Crippen molar-refractivity contribution in [3.63, 3.8) is 0 Å². The molecule has 0 N–H and O–H groups in total. The third-order valence-corrected chi connectivity index (χ3v) is 3.93. The Kier molecular flexibility index (Phi) is 3.04. The average Bonchev–Trinajstić information content (AvgIpc) is 2.78. The van der Waals surface area contributed by atoms with Crippen LogP contribution in [0.5, 0.6) is 0 Å². The maximum atomic E-state index is 12.3. The SMILES string of the molecule is C[C@@H]1C[C@@H]2CCN(C(=O)c3cccnc3)C[C@H]2O1. The molecule has 0 aliphatic carbocycles. The minimum Gasteiger partial charge on any atom is -0.373 e. The Bertz CT molecular complexity index is 435. The van der Waals surface area contributed by atoms with E-state index < -0.39 is 0 Å². The van der Waals surface area contributed by atoms with E-state index in [2.05, 4.69) is 11.9 Å². The minimum absolute atomic E-state index is 0.0738. The lowest BCUT2D eigenvalue weighted by Crippen LogP contribution is -2.45. The zero-order valence-electron chi connectivity index (χ0n) is 10.6. The number of carbonyl (C=O) groups is 1. The van der Waals surface area contributed by atoms with Crippen LogP contribution in [0, 0.1) is 5.92 Å². The van der Waals surface area contributed by atoms with Crippen LogP contribution in [0.3, 0.4) is 0 Å². The van der Waals surface area contributed by atoms with E-state index in [1.165, 1.54) is 0 Å². The molecule has 18 heavy (non-hydrogen) atoms. The van der Waals surface area contributed by atoms with E-state index in [0.29, 0.717) is 17.6 Å². The number of piperidine rings is 1. The number of carbonyl (C=O) groups excluding carboxylic acids is 1. The third kappa shape index (κ3) is 2.12. The molecule has 2 aliphatic heterocycles. The maximum Gasteiger partial charge on any atom is 0.255 e. The molecule has 0 aromatic carbocycles. The van der Waals surface area contributed by atoms with E-state index in [1.54, 1.807) is 18.5 Å². The Morgan fingerprint density at radius 3 is 3.22 bits per heavy atom. The zero-order valence-corrected chi connectivity index (χ0v) is 10.6. The first kappa shape index (κ1) is 11.7. The minimum atomic E-state index is 0.0738. The monoisotopic (exact) mass is 246 g/mol. The third-order valence-electron chi connectivity index (χ3n) is 3.93. The molecule has 1 amide bonds. The summed E-state index contributed by atoms with van der Waals surface area (Å²) in [5.74, 6) is 0.711. The average molecular weight is 246 g/mol. The molecular formula is C14H18N2O2. The Hall–Kier alpha value is -1.42. The summed E-state index contributed by atoms with van der Waals surface area (Å²) in [5.41, 5.74) is 0.669. The molecule has 0 spiro atoms. The second kappa shape index (κ2) is 4.69. The smallest absolute Gasteiger partial charge is 0.255 e. The molecule has 96 valence electrons. The number of nitrogens with zero attached hydrogens (tertiary/aromatic N) is 2. The van der Waals surface area contributed by atoms with E-state index in [4.69, 9.17) is 4.74 Å². The van der Waals surface area contributed by atoms with E-state index in [9.17, 15) is 4.79 Å². The van der Waals surface area contributed by atoms with Gasteiger partial charge in [0.2, 0.25) is 0 Å². The van der Waals surface area contributed by atoms with Gasteiger partial charge in [0.15, 0.2) is 0 Å². The van der Waals surface area contributed by atoms with Gasteiger partial charge in [-0.15, -0.1) is 0 Å². The van der Waals surface area contributed by atoms with Crippen molar-refractivity contribution in [1.82, 2.24) is 9.88 Å². The highest BCUT2D eigenvalue weighted by Gasteiger charge is 2.38. The summed E-state index contributed by atoms with van der Waals surface area (Å²) in [5, 5.41) is 0. The van der Waals surface area contributed by atoms with Gasteiger partial charge >= 0.3 is 0 Å². The van der Waals surface area contributed by atoms with Crippen LogP contribution >= 0.6 is 0 Å². The predicted octanol–water partition coefficient (Wildman–Crippen LogP) is 1.72. The quantitative estimate of drug-likeness (QED) is 0.757. The van der Waals surface area contributed by atoms with Crippen LogP contribution in [0.25, 0.3) is 0 Å². The van der Waals surface area contributed by atoms with Gasteiger partial charge in [-0.1, -0.05) is 0 Å². The molecule has 2 saturated heterocycles. The van der Waals surface area contributed by atoms with Gasteiger partial charge in [-0.05, 0) is 37.8 Å². The highest BCUT2D eigenvalue weighted by molar-refractivity contribution is 5.93. The number of ether oxygens (including phenoxy) is 1. The maximum absolute atomic E-state index is 12.3. The van der Waals surface area contributed by atoms with Crippen LogP contribution in [0.1, 0.15) is 30.1 Å². The Labute approximate surface area is 107 Å². The van der Waals surface area contributed by atoms with Crippen molar-refractivity contribution in [3.05, 3.63) is 30.1 Å². The summed E-state index contributed by atoms with van der Waals surface area (Å²) >= 11 is 0. The van der Waals surface area contributed by atoms with Crippen molar-refractivity contribution in [2.75, 3.05) is 13.1 Å². The zero-order chi connectivity index (χ0) is 12.5. The largest absolute Gasteiger partial charge is 0.373 e.